The second-order valence-corrected chi connectivity index (χ2v) is 4.40. The molecule has 0 unspecified atom stereocenters. The van der Waals surface area contributed by atoms with E-state index >= 15 is 0 Å². The summed E-state index contributed by atoms with van der Waals surface area (Å²) in [6.07, 6.45) is 0. The standard InChI is InChI=1S/C10H7O2S.C5H5.Fe/c11-10(9-6-3-7-13-9)12-8-4-1-2-5-8;1-2-4-5-3-1;/h1-7H;1-5H;/q2*-1;+2. The van der Waals surface area contributed by atoms with Crippen LogP contribution in [0.1, 0.15) is 9.67 Å². The van der Waals surface area contributed by atoms with E-state index in [-0.39, 0.29) is 23.0 Å². The molecule has 0 amide bonds. The van der Waals surface area contributed by atoms with Gasteiger partial charge >= 0.3 is 17.1 Å². The maximum Gasteiger partial charge on any atom is 2.00 e. The molecule has 2 nitrogen and oxygen atoms in total. The maximum absolute atomic E-state index is 11.4. The second kappa shape index (κ2) is 8.48. The molecule has 0 radical (unpaired) electrons. The monoisotopic (exact) mass is 312 g/mol. The smallest absolute Gasteiger partial charge is 0.514 e. The van der Waals surface area contributed by atoms with Gasteiger partial charge < -0.3 is 9.53 Å². The van der Waals surface area contributed by atoms with Crippen LogP contribution in [0.2, 0.25) is 0 Å². The Labute approximate surface area is 126 Å². The van der Waals surface area contributed by atoms with E-state index in [1.807, 2.05) is 53.9 Å². The molecule has 3 rings (SSSR count). The van der Waals surface area contributed by atoms with Crippen molar-refractivity contribution in [3.8, 4) is 5.75 Å². The summed E-state index contributed by atoms with van der Waals surface area (Å²) in [5.74, 6) is 0.305. The van der Waals surface area contributed by atoms with Crippen LogP contribution in [0.15, 0.2) is 72.1 Å². The third-order valence-electron chi connectivity index (χ3n) is 2.12. The average molecular weight is 312 g/mol. The molecule has 0 saturated carbocycles. The summed E-state index contributed by atoms with van der Waals surface area (Å²) >= 11 is 1.38. The van der Waals surface area contributed by atoms with Crippen molar-refractivity contribution in [2.75, 3.05) is 0 Å². The Bertz CT molecular complexity index is 522. The molecule has 98 valence electrons. The van der Waals surface area contributed by atoms with E-state index in [1.54, 1.807) is 18.2 Å². The van der Waals surface area contributed by atoms with E-state index in [4.69, 9.17) is 4.74 Å². The van der Waals surface area contributed by atoms with Gasteiger partial charge in [0.15, 0.2) is 0 Å². The zero-order valence-electron chi connectivity index (χ0n) is 10.0. The molecule has 3 aromatic rings. The van der Waals surface area contributed by atoms with Gasteiger partial charge in [0.05, 0.1) is 4.88 Å². The van der Waals surface area contributed by atoms with Gasteiger partial charge in [-0.3, -0.25) is 0 Å². The van der Waals surface area contributed by atoms with Gasteiger partial charge in [-0.1, -0.05) is 6.07 Å². The number of carbonyl (C=O) groups excluding carboxylic acids is 1. The van der Waals surface area contributed by atoms with Gasteiger partial charge in [-0.25, -0.2) is 12.1 Å². The Morgan fingerprint density at radius 3 is 2.26 bits per heavy atom. The number of hydrogen-bond acceptors (Lipinski definition) is 3. The fraction of sp³-hybridized carbons (Fsp3) is 0. The fourth-order valence-electron chi connectivity index (χ4n) is 1.30. The van der Waals surface area contributed by atoms with Crippen molar-refractivity contribution in [1.82, 2.24) is 0 Å². The van der Waals surface area contributed by atoms with Crippen LogP contribution in [-0.2, 0) is 17.1 Å². The van der Waals surface area contributed by atoms with Crippen LogP contribution in [-0.4, -0.2) is 5.97 Å². The van der Waals surface area contributed by atoms with E-state index in [0.29, 0.717) is 10.6 Å². The van der Waals surface area contributed by atoms with Gasteiger partial charge in [-0.05, 0) is 11.4 Å². The normalized spacial score (nSPS) is 8.84. The molecule has 0 fully saturated rings. The Morgan fingerprint density at radius 2 is 1.79 bits per heavy atom. The summed E-state index contributed by atoms with van der Waals surface area (Å²) < 4.78 is 5.07. The summed E-state index contributed by atoms with van der Waals surface area (Å²) in [6, 6.07) is 20.7. The van der Waals surface area contributed by atoms with E-state index < -0.39 is 0 Å². The number of ether oxygens (including phenoxy) is 1. The molecule has 0 spiro atoms. The predicted octanol–water partition coefficient (Wildman–Crippen LogP) is 4.09. The van der Waals surface area contributed by atoms with Crippen molar-refractivity contribution in [2.24, 2.45) is 0 Å². The minimum atomic E-state index is -0.291. The topological polar surface area (TPSA) is 26.3 Å². The summed E-state index contributed by atoms with van der Waals surface area (Å²) in [6.45, 7) is 0. The van der Waals surface area contributed by atoms with Crippen molar-refractivity contribution >= 4 is 17.3 Å². The molecule has 1 aromatic heterocycles. The van der Waals surface area contributed by atoms with Crippen molar-refractivity contribution < 1.29 is 26.6 Å². The Kier molecular flexibility index (Phi) is 6.90. The van der Waals surface area contributed by atoms with Crippen molar-refractivity contribution in [1.29, 1.82) is 0 Å². The van der Waals surface area contributed by atoms with Crippen LogP contribution >= 0.6 is 11.3 Å². The molecular formula is C15H12FeO2S. The zero-order chi connectivity index (χ0) is 12.6. The number of rotatable bonds is 2. The van der Waals surface area contributed by atoms with Crippen LogP contribution in [0.5, 0.6) is 5.75 Å². The summed E-state index contributed by atoms with van der Waals surface area (Å²) in [4.78, 5) is 12.0. The summed E-state index contributed by atoms with van der Waals surface area (Å²) in [5.41, 5.74) is 0. The first-order valence-corrected chi connectivity index (χ1v) is 6.38. The van der Waals surface area contributed by atoms with Gasteiger partial charge in [-0.2, -0.15) is 30.3 Å². The minimum absolute atomic E-state index is 0. The van der Waals surface area contributed by atoms with Crippen LogP contribution < -0.4 is 4.74 Å². The quantitative estimate of drug-likeness (QED) is 0.405. The van der Waals surface area contributed by atoms with Crippen molar-refractivity contribution in [3.05, 3.63) is 77.0 Å². The Morgan fingerprint density at radius 1 is 1.11 bits per heavy atom. The van der Waals surface area contributed by atoms with E-state index in [1.165, 1.54) is 11.3 Å². The van der Waals surface area contributed by atoms with Gasteiger partial charge in [0.2, 0.25) is 0 Å². The van der Waals surface area contributed by atoms with Gasteiger partial charge in [0, 0.05) is 5.75 Å². The first-order valence-electron chi connectivity index (χ1n) is 5.50. The molecule has 0 aliphatic carbocycles. The van der Waals surface area contributed by atoms with Gasteiger partial charge in [0.25, 0.3) is 5.97 Å². The predicted molar refractivity (Wildman–Crippen MR) is 73.3 cm³/mol. The van der Waals surface area contributed by atoms with Gasteiger partial charge in [-0.15, -0.1) is 23.5 Å². The Balaban J connectivity index is 0.000000256. The largest absolute Gasteiger partial charge is 2.00 e. The summed E-state index contributed by atoms with van der Waals surface area (Å²) in [7, 11) is 0. The molecular weight excluding hydrogens is 300 g/mol. The number of esters is 1. The van der Waals surface area contributed by atoms with Crippen LogP contribution in [0.25, 0.3) is 0 Å². The van der Waals surface area contributed by atoms with Crippen molar-refractivity contribution in [3.63, 3.8) is 0 Å². The third-order valence-corrected chi connectivity index (χ3v) is 2.97. The SMILES string of the molecule is O=C(O[c-]1cccc1)c1cccs1.[Fe+2].c1cc[cH-]c1. The maximum atomic E-state index is 11.4. The van der Waals surface area contributed by atoms with Gasteiger partial charge in [0.1, 0.15) is 0 Å². The van der Waals surface area contributed by atoms with Crippen molar-refractivity contribution in [2.45, 2.75) is 0 Å². The molecule has 0 aliphatic rings. The minimum Gasteiger partial charge on any atom is -0.514 e. The molecule has 0 saturated heterocycles. The second-order valence-electron chi connectivity index (χ2n) is 3.45. The molecule has 0 aliphatic heterocycles. The molecule has 0 bridgehead atoms. The van der Waals surface area contributed by atoms with E-state index in [2.05, 4.69) is 0 Å². The molecule has 1 heterocycles. The zero-order valence-corrected chi connectivity index (χ0v) is 11.9. The molecule has 2 aromatic carbocycles. The first kappa shape index (κ1) is 15.4. The number of hydrogen-bond donors (Lipinski definition) is 0. The summed E-state index contributed by atoms with van der Waals surface area (Å²) in [5, 5.41) is 1.85. The third kappa shape index (κ3) is 5.26. The molecule has 0 atom stereocenters. The molecule has 19 heavy (non-hydrogen) atoms. The van der Waals surface area contributed by atoms with Crippen LogP contribution in [0.4, 0.5) is 0 Å². The fourth-order valence-corrected chi connectivity index (χ4v) is 1.90. The molecule has 4 heteroatoms. The average Bonchev–Trinajstić information content (AvgIpc) is 3.15. The van der Waals surface area contributed by atoms with E-state index in [9.17, 15) is 4.79 Å². The first-order chi connectivity index (χ1) is 8.86. The molecule has 0 N–H and O–H groups in total. The number of carbonyl (C=O) groups is 1. The van der Waals surface area contributed by atoms with Crippen LogP contribution in [0.3, 0.4) is 0 Å². The van der Waals surface area contributed by atoms with E-state index in [0.717, 1.165) is 0 Å². The van der Waals surface area contributed by atoms with Crippen LogP contribution in [0, 0.1) is 0 Å². The Hall–Kier alpha value is -1.61. The number of thiophene rings is 1.